The standard InChI is InChI=1S/C16H21ClO3/c17-12-13-1-3-14(4-2-13)20-15-5-8-19-16(11-15)6-9-18-10-7-16/h1-4,15H,5-12H2. The maximum atomic E-state index is 6.12. The van der Waals surface area contributed by atoms with Crippen LogP contribution in [-0.2, 0) is 15.4 Å². The Balaban J connectivity index is 1.61. The quantitative estimate of drug-likeness (QED) is 0.799. The molecule has 0 aliphatic carbocycles. The second kappa shape index (κ2) is 6.33. The van der Waals surface area contributed by atoms with Gasteiger partial charge in [0.2, 0.25) is 0 Å². The van der Waals surface area contributed by atoms with E-state index in [1.807, 2.05) is 24.3 Å². The minimum Gasteiger partial charge on any atom is -0.490 e. The van der Waals surface area contributed by atoms with Crippen molar-refractivity contribution in [3.8, 4) is 5.75 Å². The number of halogens is 1. The first-order valence-electron chi connectivity index (χ1n) is 7.33. The zero-order valence-corrected chi connectivity index (χ0v) is 12.4. The lowest BCUT2D eigenvalue weighted by Crippen LogP contribution is -2.47. The van der Waals surface area contributed by atoms with Crippen molar-refractivity contribution in [2.45, 2.75) is 43.3 Å². The maximum Gasteiger partial charge on any atom is 0.119 e. The Hall–Kier alpha value is -0.770. The van der Waals surface area contributed by atoms with E-state index in [4.69, 9.17) is 25.8 Å². The molecule has 4 heteroatoms. The Bertz CT molecular complexity index is 420. The van der Waals surface area contributed by atoms with Gasteiger partial charge in [-0.15, -0.1) is 11.6 Å². The molecule has 0 saturated carbocycles. The lowest BCUT2D eigenvalue weighted by Gasteiger charge is -2.43. The molecule has 3 nitrogen and oxygen atoms in total. The van der Waals surface area contributed by atoms with Crippen LogP contribution < -0.4 is 4.74 Å². The van der Waals surface area contributed by atoms with Crippen LogP contribution in [0.3, 0.4) is 0 Å². The molecule has 3 rings (SSSR count). The lowest BCUT2D eigenvalue weighted by molar-refractivity contribution is -0.155. The van der Waals surface area contributed by atoms with Crippen molar-refractivity contribution in [1.29, 1.82) is 0 Å². The average molecular weight is 297 g/mol. The van der Waals surface area contributed by atoms with Crippen molar-refractivity contribution in [3.63, 3.8) is 0 Å². The minimum absolute atomic E-state index is 0.0166. The maximum absolute atomic E-state index is 6.12. The van der Waals surface area contributed by atoms with Gasteiger partial charge in [-0.1, -0.05) is 12.1 Å². The second-order valence-corrected chi connectivity index (χ2v) is 5.92. The normalized spacial score (nSPS) is 25.6. The van der Waals surface area contributed by atoms with E-state index >= 15 is 0 Å². The SMILES string of the molecule is ClCc1ccc(OC2CCOC3(CCOCC3)C2)cc1. The van der Waals surface area contributed by atoms with Crippen LogP contribution in [-0.4, -0.2) is 31.5 Å². The average Bonchev–Trinajstić information content (AvgIpc) is 2.49. The largest absolute Gasteiger partial charge is 0.490 e. The van der Waals surface area contributed by atoms with Gasteiger partial charge in [-0.25, -0.2) is 0 Å². The smallest absolute Gasteiger partial charge is 0.119 e. The Labute approximate surface area is 125 Å². The van der Waals surface area contributed by atoms with E-state index in [2.05, 4.69) is 0 Å². The third-order valence-corrected chi connectivity index (χ3v) is 4.54. The van der Waals surface area contributed by atoms with Gasteiger partial charge in [-0.05, 0) is 30.5 Å². The Morgan fingerprint density at radius 1 is 1.15 bits per heavy atom. The van der Waals surface area contributed by atoms with E-state index < -0.39 is 0 Å². The molecule has 2 heterocycles. The van der Waals surface area contributed by atoms with Crippen molar-refractivity contribution in [1.82, 2.24) is 0 Å². The fraction of sp³-hybridized carbons (Fsp3) is 0.625. The first-order valence-corrected chi connectivity index (χ1v) is 7.86. The van der Waals surface area contributed by atoms with E-state index in [9.17, 15) is 0 Å². The fourth-order valence-corrected chi connectivity index (χ4v) is 3.20. The monoisotopic (exact) mass is 296 g/mol. The van der Waals surface area contributed by atoms with Crippen LogP contribution in [0.25, 0.3) is 0 Å². The van der Waals surface area contributed by atoms with Crippen molar-refractivity contribution in [2.75, 3.05) is 19.8 Å². The number of benzene rings is 1. The molecule has 110 valence electrons. The van der Waals surface area contributed by atoms with Crippen LogP contribution >= 0.6 is 11.6 Å². The molecule has 20 heavy (non-hydrogen) atoms. The summed E-state index contributed by atoms with van der Waals surface area (Å²) in [5.74, 6) is 1.47. The molecular formula is C16H21ClO3. The molecule has 1 spiro atoms. The van der Waals surface area contributed by atoms with Crippen LogP contribution in [0.4, 0.5) is 0 Å². The molecule has 1 aromatic rings. The molecule has 0 N–H and O–H groups in total. The fourth-order valence-electron chi connectivity index (χ4n) is 3.02. The van der Waals surface area contributed by atoms with E-state index in [1.54, 1.807) is 0 Å². The van der Waals surface area contributed by atoms with Gasteiger partial charge in [0.05, 0.1) is 12.2 Å². The van der Waals surface area contributed by atoms with Gasteiger partial charge >= 0.3 is 0 Å². The summed E-state index contributed by atoms with van der Waals surface area (Å²) in [6.07, 6.45) is 4.13. The van der Waals surface area contributed by atoms with Crippen molar-refractivity contribution in [2.24, 2.45) is 0 Å². The molecule has 0 aromatic heterocycles. The summed E-state index contributed by atoms with van der Waals surface area (Å²) in [7, 11) is 0. The minimum atomic E-state index is -0.0166. The van der Waals surface area contributed by atoms with Gasteiger partial charge in [0.1, 0.15) is 11.9 Å². The molecule has 0 amide bonds. The Kier molecular flexibility index (Phi) is 4.49. The zero-order chi connectivity index (χ0) is 13.8. The molecule has 2 aliphatic rings. The van der Waals surface area contributed by atoms with Crippen molar-refractivity contribution >= 4 is 11.6 Å². The highest BCUT2D eigenvalue weighted by Crippen LogP contribution is 2.35. The van der Waals surface area contributed by atoms with Crippen LogP contribution in [0.1, 0.15) is 31.2 Å². The highest BCUT2D eigenvalue weighted by Gasteiger charge is 2.39. The van der Waals surface area contributed by atoms with E-state index in [0.29, 0.717) is 5.88 Å². The van der Waals surface area contributed by atoms with Crippen LogP contribution in [0.5, 0.6) is 5.75 Å². The highest BCUT2D eigenvalue weighted by molar-refractivity contribution is 6.17. The van der Waals surface area contributed by atoms with Gasteiger partial charge in [0.15, 0.2) is 0 Å². The third kappa shape index (κ3) is 3.27. The van der Waals surface area contributed by atoms with Crippen LogP contribution in [0, 0.1) is 0 Å². The molecule has 1 atom stereocenters. The summed E-state index contributed by atoms with van der Waals surface area (Å²) in [6.45, 7) is 2.39. The molecule has 0 radical (unpaired) electrons. The molecule has 2 saturated heterocycles. The zero-order valence-electron chi connectivity index (χ0n) is 11.6. The summed E-state index contributed by atoms with van der Waals surface area (Å²) >= 11 is 5.80. The summed E-state index contributed by atoms with van der Waals surface area (Å²) in [5, 5.41) is 0. The van der Waals surface area contributed by atoms with E-state index in [1.165, 1.54) is 0 Å². The van der Waals surface area contributed by atoms with Crippen LogP contribution in [0.2, 0.25) is 0 Å². The van der Waals surface area contributed by atoms with Gasteiger partial charge < -0.3 is 14.2 Å². The number of hydrogen-bond donors (Lipinski definition) is 0. The van der Waals surface area contributed by atoms with Gasteiger partial charge in [-0.3, -0.25) is 0 Å². The Morgan fingerprint density at radius 3 is 2.60 bits per heavy atom. The summed E-state index contributed by atoms with van der Waals surface area (Å²) < 4.78 is 17.6. The second-order valence-electron chi connectivity index (χ2n) is 5.65. The van der Waals surface area contributed by atoms with Crippen molar-refractivity contribution < 1.29 is 14.2 Å². The number of hydrogen-bond acceptors (Lipinski definition) is 3. The molecular weight excluding hydrogens is 276 g/mol. The van der Waals surface area contributed by atoms with E-state index in [-0.39, 0.29) is 11.7 Å². The summed E-state index contributed by atoms with van der Waals surface area (Å²) in [6, 6.07) is 8.05. The predicted molar refractivity (Wildman–Crippen MR) is 78.4 cm³/mol. The van der Waals surface area contributed by atoms with E-state index in [0.717, 1.165) is 56.8 Å². The predicted octanol–water partition coefficient (Wildman–Crippen LogP) is 3.53. The number of alkyl halides is 1. The summed E-state index contributed by atoms with van der Waals surface area (Å²) in [5.41, 5.74) is 1.10. The summed E-state index contributed by atoms with van der Waals surface area (Å²) in [4.78, 5) is 0. The van der Waals surface area contributed by atoms with Crippen LogP contribution in [0.15, 0.2) is 24.3 Å². The first-order chi connectivity index (χ1) is 9.80. The van der Waals surface area contributed by atoms with Crippen molar-refractivity contribution in [3.05, 3.63) is 29.8 Å². The Morgan fingerprint density at radius 2 is 1.90 bits per heavy atom. The molecule has 2 aliphatic heterocycles. The molecule has 1 aromatic carbocycles. The molecule has 0 bridgehead atoms. The highest BCUT2D eigenvalue weighted by atomic mass is 35.5. The number of rotatable bonds is 3. The first kappa shape index (κ1) is 14.2. The molecule has 2 fully saturated rings. The topological polar surface area (TPSA) is 27.7 Å². The third-order valence-electron chi connectivity index (χ3n) is 4.23. The lowest BCUT2D eigenvalue weighted by atomic mass is 9.85. The van der Waals surface area contributed by atoms with Gasteiger partial charge in [0.25, 0.3) is 0 Å². The number of ether oxygens (including phenoxy) is 3. The molecule has 1 unspecified atom stereocenters. The van der Waals surface area contributed by atoms with Gasteiger partial charge in [0, 0.05) is 31.9 Å². The van der Waals surface area contributed by atoms with Gasteiger partial charge in [-0.2, -0.15) is 0 Å².